The van der Waals surface area contributed by atoms with E-state index in [1.54, 1.807) is 18.3 Å². The highest BCUT2D eigenvalue weighted by atomic mass is 32.1. The van der Waals surface area contributed by atoms with E-state index in [9.17, 15) is 4.79 Å². The van der Waals surface area contributed by atoms with Crippen LogP contribution in [0.15, 0.2) is 53.9 Å². The lowest BCUT2D eigenvalue weighted by Crippen LogP contribution is -2.36. The highest BCUT2D eigenvalue weighted by Crippen LogP contribution is 2.24. The van der Waals surface area contributed by atoms with Crippen molar-refractivity contribution in [2.45, 2.75) is 19.6 Å². The van der Waals surface area contributed by atoms with E-state index < -0.39 is 6.10 Å². The van der Waals surface area contributed by atoms with Gasteiger partial charge in [0.05, 0.1) is 22.8 Å². The maximum Gasteiger partial charge on any atom is 0.261 e. The molecule has 0 aliphatic carbocycles. The van der Waals surface area contributed by atoms with Gasteiger partial charge < -0.3 is 10.1 Å². The van der Waals surface area contributed by atoms with Crippen LogP contribution in [0.5, 0.6) is 5.75 Å². The first-order valence-corrected chi connectivity index (χ1v) is 8.57. The average molecular weight is 341 g/mol. The molecule has 6 heteroatoms. The minimum Gasteiger partial charge on any atom is -0.481 e. The van der Waals surface area contributed by atoms with Gasteiger partial charge in [0.1, 0.15) is 5.75 Å². The smallest absolute Gasteiger partial charge is 0.261 e. The van der Waals surface area contributed by atoms with E-state index in [1.165, 1.54) is 0 Å². The van der Waals surface area contributed by atoms with Crippen molar-refractivity contribution >= 4 is 17.2 Å². The zero-order chi connectivity index (χ0) is 16.9. The van der Waals surface area contributed by atoms with Crippen LogP contribution in [-0.2, 0) is 18.4 Å². The Labute approximate surface area is 144 Å². The number of carbonyl (C=O) groups excluding carboxylic acids is 1. The molecule has 24 heavy (non-hydrogen) atoms. The summed E-state index contributed by atoms with van der Waals surface area (Å²) in [5.74, 6) is 0.514. The van der Waals surface area contributed by atoms with Gasteiger partial charge in [-0.05, 0) is 36.6 Å². The fourth-order valence-electron chi connectivity index (χ4n) is 2.35. The number of thiophene rings is 1. The molecular weight excluding hydrogens is 322 g/mol. The third-order valence-corrected chi connectivity index (χ3v) is 4.47. The number of nitrogens with one attached hydrogen (secondary N) is 1. The lowest BCUT2D eigenvalue weighted by molar-refractivity contribution is -0.127. The summed E-state index contributed by atoms with van der Waals surface area (Å²) in [6, 6.07) is 15.4. The monoisotopic (exact) mass is 341 g/mol. The minimum atomic E-state index is -0.562. The zero-order valence-electron chi connectivity index (χ0n) is 13.6. The Morgan fingerprint density at radius 2 is 2.08 bits per heavy atom. The van der Waals surface area contributed by atoms with E-state index >= 15 is 0 Å². The molecule has 0 radical (unpaired) electrons. The van der Waals surface area contributed by atoms with E-state index in [4.69, 9.17) is 4.74 Å². The van der Waals surface area contributed by atoms with Crippen molar-refractivity contribution in [2.75, 3.05) is 0 Å². The second kappa shape index (κ2) is 7.31. The topological polar surface area (TPSA) is 56.1 Å². The van der Waals surface area contributed by atoms with Gasteiger partial charge in [-0.15, -0.1) is 11.3 Å². The quantitative estimate of drug-likeness (QED) is 0.749. The molecule has 0 saturated carbocycles. The largest absolute Gasteiger partial charge is 0.481 e. The molecule has 2 aromatic heterocycles. The number of aromatic nitrogens is 2. The third-order valence-electron chi connectivity index (χ3n) is 3.57. The second-order valence-corrected chi connectivity index (χ2v) is 6.36. The number of hydrogen-bond donors (Lipinski definition) is 1. The SMILES string of the molecule is CC(Oc1ccccc1)C(=O)NCc1cc(-c2cccs2)n(C)n1. The van der Waals surface area contributed by atoms with Gasteiger partial charge in [0.2, 0.25) is 0 Å². The van der Waals surface area contributed by atoms with Crippen LogP contribution in [0.2, 0.25) is 0 Å². The van der Waals surface area contributed by atoms with Crippen LogP contribution in [0.4, 0.5) is 0 Å². The van der Waals surface area contributed by atoms with Crippen LogP contribution < -0.4 is 10.1 Å². The summed E-state index contributed by atoms with van der Waals surface area (Å²) in [4.78, 5) is 13.3. The minimum absolute atomic E-state index is 0.165. The molecule has 0 fully saturated rings. The van der Waals surface area contributed by atoms with Gasteiger partial charge in [0.15, 0.2) is 6.10 Å². The summed E-state index contributed by atoms with van der Waals surface area (Å²) in [7, 11) is 1.90. The lowest BCUT2D eigenvalue weighted by Gasteiger charge is -2.14. The average Bonchev–Trinajstić information content (AvgIpc) is 3.22. The Hall–Kier alpha value is -2.60. The molecule has 1 atom stereocenters. The van der Waals surface area contributed by atoms with Crippen molar-refractivity contribution in [2.24, 2.45) is 7.05 Å². The molecule has 124 valence electrons. The summed E-state index contributed by atoms with van der Waals surface area (Å²) < 4.78 is 7.45. The maximum absolute atomic E-state index is 12.2. The molecule has 3 aromatic rings. The normalized spacial score (nSPS) is 11.9. The van der Waals surface area contributed by atoms with Crippen LogP contribution >= 0.6 is 11.3 Å². The van der Waals surface area contributed by atoms with Gasteiger partial charge in [-0.3, -0.25) is 9.48 Å². The molecule has 2 heterocycles. The number of nitrogens with zero attached hydrogens (tertiary/aromatic N) is 2. The van der Waals surface area contributed by atoms with Crippen molar-refractivity contribution in [1.82, 2.24) is 15.1 Å². The number of hydrogen-bond acceptors (Lipinski definition) is 4. The van der Waals surface area contributed by atoms with E-state index in [0.29, 0.717) is 12.3 Å². The third kappa shape index (κ3) is 3.83. The molecular formula is C18H19N3O2S. The molecule has 1 amide bonds. The summed E-state index contributed by atoms with van der Waals surface area (Å²) in [6.07, 6.45) is -0.562. The standard InChI is InChI=1S/C18H19N3O2S/c1-13(23-15-7-4-3-5-8-15)18(22)19-12-14-11-16(21(2)20-14)17-9-6-10-24-17/h3-11,13H,12H2,1-2H3,(H,19,22). The van der Waals surface area contributed by atoms with Crippen LogP contribution in [0.3, 0.4) is 0 Å². The molecule has 1 aromatic carbocycles. The van der Waals surface area contributed by atoms with Crippen LogP contribution in [0, 0.1) is 0 Å². The first-order chi connectivity index (χ1) is 11.6. The number of carbonyl (C=O) groups is 1. The number of para-hydroxylation sites is 1. The zero-order valence-corrected chi connectivity index (χ0v) is 14.4. The van der Waals surface area contributed by atoms with Crippen LogP contribution in [0.25, 0.3) is 10.6 Å². The Morgan fingerprint density at radius 3 is 2.79 bits per heavy atom. The van der Waals surface area contributed by atoms with E-state index in [-0.39, 0.29) is 5.91 Å². The van der Waals surface area contributed by atoms with Gasteiger partial charge in [0, 0.05) is 7.05 Å². The number of aryl methyl sites for hydroxylation is 1. The maximum atomic E-state index is 12.2. The van der Waals surface area contributed by atoms with E-state index in [1.807, 2.05) is 59.6 Å². The molecule has 0 saturated heterocycles. The van der Waals surface area contributed by atoms with Gasteiger partial charge >= 0.3 is 0 Å². The van der Waals surface area contributed by atoms with E-state index in [0.717, 1.165) is 16.3 Å². The van der Waals surface area contributed by atoms with Gasteiger partial charge in [-0.1, -0.05) is 24.3 Å². The number of amides is 1. The van der Waals surface area contributed by atoms with Gasteiger partial charge in [-0.25, -0.2) is 0 Å². The highest BCUT2D eigenvalue weighted by molar-refractivity contribution is 7.13. The Bertz CT molecular complexity index is 797. The van der Waals surface area contributed by atoms with Crippen molar-refractivity contribution in [1.29, 1.82) is 0 Å². The van der Waals surface area contributed by atoms with Crippen molar-refractivity contribution in [3.63, 3.8) is 0 Å². The lowest BCUT2D eigenvalue weighted by atomic mass is 10.3. The van der Waals surface area contributed by atoms with Crippen molar-refractivity contribution in [3.8, 4) is 16.3 Å². The molecule has 5 nitrogen and oxygen atoms in total. The molecule has 0 aliphatic rings. The number of rotatable bonds is 6. The van der Waals surface area contributed by atoms with Crippen molar-refractivity contribution in [3.05, 3.63) is 59.6 Å². The Balaban J connectivity index is 1.57. The number of benzene rings is 1. The predicted molar refractivity (Wildman–Crippen MR) is 94.9 cm³/mol. The van der Waals surface area contributed by atoms with Crippen molar-refractivity contribution < 1.29 is 9.53 Å². The fraction of sp³-hybridized carbons (Fsp3) is 0.222. The summed E-state index contributed by atoms with van der Waals surface area (Å²) in [5.41, 5.74) is 1.86. The molecule has 3 rings (SSSR count). The second-order valence-electron chi connectivity index (χ2n) is 5.41. The van der Waals surface area contributed by atoms with Crippen LogP contribution in [-0.4, -0.2) is 21.8 Å². The Kier molecular flexibility index (Phi) is 4.96. The fourth-order valence-corrected chi connectivity index (χ4v) is 3.12. The first kappa shape index (κ1) is 16.3. The van der Waals surface area contributed by atoms with Gasteiger partial charge in [-0.2, -0.15) is 5.10 Å². The molecule has 0 bridgehead atoms. The molecule has 1 unspecified atom stereocenters. The summed E-state index contributed by atoms with van der Waals surface area (Å²) >= 11 is 1.67. The van der Waals surface area contributed by atoms with Gasteiger partial charge in [0.25, 0.3) is 5.91 Å². The molecule has 0 spiro atoms. The Morgan fingerprint density at radius 1 is 1.29 bits per heavy atom. The van der Waals surface area contributed by atoms with Crippen LogP contribution in [0.1, 0.15) is 12.6 Å². The van der Waals surface area contributed by atoms with E-state index in [2.05, 4.69) is 16.5 Å². The highest BCUT2D eigenvalue weighted by Gasteiger charge is 2.15. The first-order valence-electron chi connectivity index (χ1n) is 7.69. The molecule has 0 aliphatic heterocycles. The molecule has 1 N–H and O–H groups in total. The summed E-state index contributed by atoms with van der Waals surface area (Å²) in [6.45, 7) is 2.11. The predicted octanol–water partition coefficient (Wildman–Crippen LogP) is 3.23. The summed E-state index contributed by atoms with van der Waals surface area (Å²) in [5, 5.41) is 9.35. The number of ether oxygens (including phenoxy) is 1.